The lowest BCUT2D eigenvalue weighted by Crippen LogP contribution is -1.92. The van der Waals surface area contributed by atoms with Crippen LogP contribution in [0.2, 0.25) is 0 Å². The summed E-state index contributed by atoms with van der Waals surface area (Å²) in [5, 5.41) is 0. The van der Waals surface area contributed by atoms with Gasteiger partial charge in [0.1, 0.15) is 0 Å². The largest absolute Gasteiger partial charge is 0.0984 e. The van der Waals surface area contributed by atoms with E-state index >= 15 is 0 Å². The zero-order valence-corrected chi connectivity index (χ0v) is 8.93. The molecule has 0 aromatic heterocycles. The van der Waals surface area contributed by atoms with Crippen molar-refractivity contribution in [3.63, 3.8) is 0 Å². The molecule has 0 atom stereocenters. The fourth-order valence-electron chi connectivity index (χ4n) is 1.61. The second kappa shape index (κ2) is 4.10. The molecule has 0 spiro atoms. The van der Waals surface area contributed by atoms with Crippen LogP contribution in [-0.2, 0) is 0 Å². The van der Waals surface area contributed by atoms with Gasteiger partial charge in [0, 0.05) is 0 Å². The third-order valence-electron chi connectivity index (χ3n) is 2.37. The molecular weight excluding hydrogens is 168 g/mol. The number of hydrogen-bond donors (Lipinski definition) is 0. The lowest BCUT2D eigenvalue weighted by molar-refractivity contribution is 1.40. The maximum Gasteiger partial charge on any atom is -0.0112 e. The molecule has 0 aliphatic heterocycles. The maximum absolute atomic E-state index is 3.96. The second-order valence-corrected chi connectivity index (χ2v) is 3.45. The minimum atomic E-state index is 1.06. The van der Waals surface area contributed by atoms with Crippen molar-refractivity contribution in [2.75, 3.05) is 0 Å². The van der Waals surface area contributed by atoms with E-state index in [1.165, 1.54) is 5.56 Å². The van der Waals surface area contributed by atoms with E-state index in [4.69, 9.17) is 0 Å². The van der Waals surface area contributed by atoms with Gasteiger partial charge in [-0.25, -0.2) is 0 Å². The van der Waals surface area contributed by atoms with Crippen LogP contribution in [0.15, 0.2) is 31.9 Å². The van der Waals surface area contributed by atoms with E-state index in [9.17, 15) is 0 Å². The van der Waals surface area contributed by atoms with E-state index in [-0.39, 0.29) is 0 Å². The predicted molar refractivity (Wildman–Crippen MR) is 66.1 cm³/mol. The van der Waals surface area contributed by atoms with Gasteiger partial charge in [-0.05, 0) is 36.1 Å². The smallest absolute Gasteiger partial charge is 0.0112 e. The Balaban J connectivity index is 3.56. The highest BCUT2D eigenvalue weighted by molar-refractivity contribution is 5.78. The molecule has 14 heavy (non-hydrogen) atoms. The fourth-order valence-corrected chi connectivity index (χ4v) is 1.61. The summed E-state index contributed by atoms with van der Waals surface area (Å²) in [6, 6.07) is 4.18. The molecule has 72 valence electrons. The molecule has 1 rings (SSSR count). The standard InChI is InChI=1S/C14H16/c1-6-12-11(5)8-9-14(10(3)4)13(12)7-2/h6-9H,1-3H2,4-5H3. The molecule has 0 heterocycles. The van der Waals surface area contributed by atoms with Crippen LogP contribution in [0.5, 0.6) is 0 Å². The van der Waals surface area contributed by atoms with Crippen LogP contribution in [0, 0.1) is 6.92 Å². The highest BCUT2D eigenvalue weighted by Gasteiger charge is 2.05. The third kappa shape index (κ3) is 1.69. The molecule has 0 radical (unpaired) electrons. The van der Waals surface area contributed by atoms with Crippen molar-refractivity contribution in [2.24, 2.45) is 0 Å². The Morgan fingerprint density at radius 2 is 1.71 bits per heavy atom. The SMILES string of the molecule is C=Cc1c(C)ccc(C(=C)C)c1C=C. The Hall–Kier alpha value is -1.56. The van der Waals surface area contributed by atoms with Crippen LogP contribution in [0.25, 0.3) is 17.7 Å². The van der Waals surface area contributed by atoms with Gasteiger partial charge in [-0.1, -0.05) is 49.6 Å². The van der Waals surface area contributed by atoms with Gasteiger partial charge in [0.25, 0.3) is 0 Å². The van der Waals surface area contributed by atoms with Crippen LogP contribution in [0.1, 0.15) is 29.2 Å². The van der Waals surface area contributed by atoms with Crippen molar-refractivity contribution in [3.05, 3.63) is 54.1 Å². The summed E-state index contributed by atoms with van der Waals surface area (Å²) in [5.74, 6) is 0. The predicted octanol–water partition coefficient (Wildman–Crippen LogP) is 4.31. The first-order valence-electron chi connectivity index (χ1n) is 4.66. The van der Waals surface area contributed by atoms with E-state index in [1.54, 1.807) is 0 Å². The van der Waals surface area contributed by atoms with Crippen LogP contribution in [0.3, 0.4) is 0 Å². The first-order chi connectivity index (χ1) is 6.61. The monoisotopic (exact) mass is 184 g/mol. The Bertz CT molecular complexity index is 395. The molecule has 0 amide bonds. The Morgan fingerprint density at radius 1 is 1.14 bits per heavy atom. The van der Waals surface area contributed by atoms with Gasteiger partial charge < -0.3 is 0 Å². The zero-order chi connectivity index (χ0) is 10.7. The molecule has 0 nitrogen and oxygen atoms in total. The number of hydrogen-bond acceptors (Lipinski definition) is 0. The fraction of sp³-hybridized carbons (Fsp3) is 0.143. The quantitative estimate of drug-likeness (QED) is 0.656. The van der Waals surface area contributed by atoms with Gasteiger partial charge in [-0.15, -0.1) is 0 Å². The summed E-state index contributed by atoms with van der Waals surface area (Å²) in [6.45, 7) is 15.7. The lowest BCUT2D eigenvalue weighted by atomic mass is 9.93. The number of aryl methyl sites for hydroxylation is 1. The van der Waals surface area contributed by atoms with Crippen molar-refractivity contribution < 1.29 is 0 Å². The van der Waals surface area contributed by atoms with Crippen molar-refractivity contribution in [1.82, 2.24) is 0 Å². The molecule has 0 aliphatic carbocycles. The normalized spacial score (nSPS) is 9.57. The van der Waals surface area contributed by atoms with E-state index < -0.39 is 0 Å². The molecule has 0 aliphatic rings. The Labute approximate surface area is 86.3 Å². The molecule has 0 saturated carbocycles. The van der Waals surface area contributed by atoms with E-state index in [1.807, 2.05) is 19.1 Å². The Morgan fingerprint density at radius 3 is 2.14 bits per heavy atom. The topological polar surface area (TPSA) is 0 Å². The molecule has 0 bridgehead atoms. The highest BCUT2D eigenvalue weighted by atomic mass is 14.1. The first-order valence-corrected chi connectivity index (χ1v) is 4.66. The van der Waals surface area contributed by atoms with Crippen LogP contribution >= 0.6 is 0 Å². The number of allylic oxidation sites excluding steroid dienone is 1. The average Bonchev–Trinajstić information content (AvgIpc) is 2.16. The van der Waals surface area contributed by atoms with Crippen molar-refractivity contribution in [2.45, 2.75) is 13.8 Å². The van der Waals surface area contributed by atoms with Crippen molar-refractivity contribution in [1.29, 1.82) is 0 Å². The zero-order valence-electron chi connectivity index (χ0n) is 8.93. The molecule has 0 fully saturated rings. The van der Waals surface area contributed by atoms with Crippen LogP contribution in [0.4, 0.5) is 0 Å². The second-order valence-electron chi connectivity index (χ2n) is 3.45. The summed E-state index contributed by atoms with van der Waals surface area (Å²) in [6.07, 6.45) is 3.74. The molecular formula is C14H16. The van der Waals surface area contributed by atoms with E-state index in [2.05, 4.69) is 38.8 Å². The van der Waals surface area contributed by atoms with Gasteiger partial charge in [-0.2, -0.15) is 0 Å². The van der Waals surface area contributed by atoms with Gasteiger partial charge in [0.2, 0.25) is 0 Å². The average molecular weight is 184 g/mol. The minimum Gasteiger partial charge on any atom is -0.0984 e. The van der Waals surface area contributed by atoms with Crippen molar-refractivity contribution in [3.8, 4) is 0 Å². The highest BCUT2D eigenvalue weighted by Crippen LogP contribution is 2.25. The van der Waals surface area contributed by atoms with E-state index in [0.29, 0.717) is 0 Å². The maximum atomic E-state index is 3.96. The van der Waals surface area contributed by atoms with E-state index in [0.717, 1.165) is 22.3 Å². The molecule has 0 unspecified atom stereocenters. The number of benzene rings is 1. The van der Waals surface area contributed by atoms with Gasteiger partial charge in [-0.3, -0.25) is 0 Å². The van der Waals surface area contributed by atoms with Gasteiger partial charge in [0.15, 0.2) is 0 Å². The Kier molecular flexibility index (Phi) is 3.08. The first kappa shape index (κ1) is 10.5. The summed E-state index contributed by atoms with van der Waals surface area (Å²) >= 11 is 0. The van der Waals surface area contributed by atoms with Crippen LogP contribution < -0.4 is 0 Å². The summed E-state index contributed by atoms with van der Waals surface area (Å²) in [7, 11) is 0. The third-order valence-corrected chi connectivity index (χ3v) is 2.37. The minimum absolute atomic E-state index is 1.06. The molecule has 1 aromatic rings. The summed E-state index contributed by atoms with van der Waals surface area (Å²) < 4.78 is 0. The number of rotatable bonds is 3. The summed E-state index contributed by atoms with van der Waals surface area (Å²) in [5.41, 5.74) is 5.72. The molecule has 1 aromatic carbocycles. The van der Waals surface area contributed by atoms with Gasteiger partial charge >= 0.3 is 0 Å². The lowest BCUT2D eigenvalue weighted by Gasteiger charge is -2.11. The van der Waals surface area contributed by atoms with Gasteiger partial charge in [0.05, 0.1) is 0 Å². The summed E-state index contributed by atoms with van der Waals surface area (Å²) in [4.78, 5) is 0. The molecule has 0 N–H and O–H groups in total. The molecule has 0 saturated heterocycles. The molecule has 0 heteroatoms. The van der Waals surface area contributed by atoms with Crippen molar-refractivity contribution >= 4 is 17.7 Å². The van der Waals surface area contributed by atoms with Crippen LogP contribution in [-0.4, -0.2) is 0 Å².